The second-order valence-electron chi connectivity index (χ2n) is 3.56. The molecular formula is C12H17NO2S. The van der Waals surface area contributed by atoms with Gasteiger partial charge in [0.25, 0.3) is 0 Å². The third kappa shape index (κ3) is 3.45. The Morgan fingerprint density at radius 2 is 2.19 bits per heavy atom. The van der Waals surface area contributed by atoms with Gasteiger partial charge in [0.05, 0.1) is 5.56 Å². The van der Waals surface area contributed by atoms with E-state index < -0.39 is 5.97 Å². The third-order valence-corrected chi connectivity index (χ3v) is 3.11. The van der Waals surface area contributed by atoms with Gasteiger partial charge in [0.15, 0.2) is 0 Å². The summed E-state index contributed by atoms with van der Waals surface area (Å²) in [7, 11) is 0. The van der Waals surface area contributed by atoms with E-state index in [9.17, 15) is 4.79 Å². The molecule has 1 aromatic carbocycles. The van der Waals surface area contributed by atoms with E-state index in [1.807, 2.05) is 18.4 Å². The van der Waals surface area contributed by atoms with Crippen molar-refractivity contribution in [1.29, 1.82) is 0 Å². The number of hydrogen-bond acceptors (Lipinski definition) is 3. The van der Waals surface area contributed by atoms with Gasteiger partial charge in [-0.15, -0.1) is 0 Å². The van der Waals surface area contributed by atoms with Gasteiger partial charge in [-0.2, -0.15) is 11.8 Å². The van der Waals surface area contributed by atoms with E-state index in [1.165, 1.54) is 0 Å². The molecule has 3 nitrogen and oxygen atoms in total. The number of para-hydroxylation sites is 1. The van der Waals surface area contributed by atoms with Crippen LogP contribution in [-0.2, 0) is 0 Å². The molecule has 1 aromatic rings. The van der Waals surface area contributed by atoms with Crippen LogP contribution in [0, 0.1) is 0 Å². The van der Waals surface area contributed by atoms with Crippen molar-refractivity contribution in [2.45, 2.75) is 19.4 Å². The van der Waals surface area contributed by atoms with Crippen LogP contribution in [0.4, 0.5) is 5.69 Å². The normalized spacial score (nSPS) is 12.1. The average Bonchev–Trinajstić information content (AvgIpc) is 2.29. The number of hydrogen-bond donors (Lipinski definition) is 2. The first-order valence-corrected chi connectivity index (χ1v) is 6.66. The van der Waals surface area contributed by atoms with Crippen molar-refractivity contribution in [3.8, 4) is 0 Å². The summed E-state index contributed by atoms with van der Waals surface area (Å²) in [4.78, 5) is 11.0. The molecule has 0 aliphatic rings. The van der Waals surface area contributed by atoms with Crippen LogP contribution in [0.2, 0.25) is 0 Å². The molecule has 1 atom stereocenters. The quantitative estimate of drug-likeness (QED) is 0.801. The molecule has 0 fully saturated rings. The first-order valence-electron chi connectivity index (χ1n) is 5.26. The lowest BCUT2D eigenvalue weighted by Gasteiger charge is -2.18. The highest BCUT2D eigenvalue weighted by molar-refractivity contribution is 7.98. The van der Waals surface area contributed by atoms with E-state index in [0.717, 1.165) is 12.2 Å². The molecule has 0 heterocycles. The number of benzene rings is 1. The molecule has 0 bridgehead atoms. The second-order valence-corrected chi connectivity index (χ2v) is 4.47. The summed E-state index contributed by atoms with van der Waals surface area (Å²) in [5.74, 6) is 0.0897. The predicted octanol–water partition coefficient (Wildman–Crippen LogP) is 2.94. The van der Waals surface area contributed by atoms with Gasteiger partial charge in [-0.3, -0.25) is 0 Å². The minimum Gasteiger partial charge on any atom is -0.478 e. The molecule has 4 heteroatoms. The van der Waals surface area contributed by atoms with Gasteiger partial charge in [0.1, 0.15) is 0 Å². The van der Waals surface area contributed by atoms with E-state index in [-0.39, 0.29) is 0 Å². The number of nitrogens with one attached hydrogen (secondary N) is 1. The van der Waals surface area contributed by atoms with Crippen LogP contribution >= 0.6 is 11.8 Å². The largest absolute Gasteiger partial charge is 0.478 e. The molecule has 0 aromatic heterocycles. The number of thioether (sulfide) groups is 1. The molecule has 0 saturated heterocycles. The molecule has 0 spiro atoms. The molecule has 0 amide bonds. The number of carboxylic acids is 1. The van der Waals surface area contributed by atoms with Crippen LogP contribution in [-0.4, -0.2) is 29.1 Å². The number of aromatic carboxylic acids is 1. The summed E-state index contributed by atoms with van der Waals surface area (Å²) in [6, 6.07) is 7.34. The van der Waals surface area contributed by atoms with E-state index >= 15 is 0 Å². The van der Waals surface area contributed by atoms with Crippen molar-refractivity contribution in [2.24, 2.45) is 0 Å². The maximum absolute atomic E-state index is 11.0. The Hall–Kier alpha value is -1.16. The molecule has 16 heavy (non-hydrogen) atoms. The van der Waals surface area contributed by atoms with Crippen molar-refractivity contribution in [3.63, 3.8) is 0 Å². The second kappa shape index (κ2) is 6.43. The van der Waals surface area contributed by atoms with Gasteiger partial charge in [0.2, 0.25) is 0 Å². The number of rotatable bonds is 6. The topological polar surface area (TPSA) is 49.3 Å². The van der Waals surface area contributed by atoms with Gasteiger partial charge in [-0.1, -0.05) is 19.1 Å². The first kappa shape index (κ1) is 12.9. The average molecular weight is 239 g/mol. The predicted molar refractivity (Wildman–Crippen MR) is 69.5 cm³/mol. The Balaban J connectivity index is 2.82. The van der Waals surface area contributed by atoms with E-state index in [4.69, 9.17) is 5.11 Å². The Kier molecular flexibility index (Phi) is 5.19. The zero-order chi connectivity index (χ0) is 12.0. The minimum absolute atomic E-state index is 0.315. The van der Waals surface area contributed by atoms with Crippen LogP contribution in [0.15, 0.2) is 24.3 Å². The summed E-state index contributed by atoms with van der Waals surface area (Å²) in [5, 5.41) is 12.3. The van der Waals surface area contributed by atoms with Gasteiger partial charge in [-0.25, -0.2) is 4.79 Å². The van der Waals surface area contributed by atoms with Crippen LogP contribution in [0.25, 0.3) is 0 Å². The fourth-order valence-electron chi connectivity index (χ4n) is 1.48. The van der Waals surface area contributed by atoms with Gasteiger partial charge in [0, 0.05) is 17.5 Å². The lowest BCUT2D eigenvalue weighted by Crippen LogP contribution is -2.22. The zero-order valence-electron chi connectivity index (χ0n) is 9.56. The lowest BCUT2D eigenvalue weighted by molar-refractivity contribution is 0.0698. The van der Waals surface area contributed by atoms with Crippen molar-refractivity contribution in [2.75, 3.05) is 17.3 Å². The number of anilines is 1. The van der Waals surface area contributed by atoms with Gasteiger partial charge < -0.3 is 10.4 Å². The monoisotopic (exact) mass is 239 g/mol. The van der Waals surface area contributed by atoms with E-state index in [1.54, 1.807) is 23.9 Å². The highest BCUT2D eigenvalue weighted by Crippen LogP contribution is 2.17. The van der Waals surface area contributed by atoms with Crippen molar-refractivity contribution >= 4 is 23.4 Å². The van der Waals surface area contributed by atoms with Crippen LogP contribution < -0.4 is 5.32 Å². The summed E-state index contributed by atoms with van der Waals surface area (Å²) in [6.07, 6.45) is 3.03. The lowest BCUT2D eigenvalue weighted by atomic mass is 10.1. The fourth-order valence-corrected chi connectivity index (χ4v) is 2.20. The first-order chi connectivity index (χ1) is 7.69. The van der Waals surface area contributed by atoms with Crippen LogP contribution in [0.1, 0.15) is 23.7 Å². The van der Waals surface area contributed by atoms with Crippen molar-refractivity contribution in [3.05, 3.63) is 29.8 Å². The van der Waals surface area contributed by atoms with Gasteiger partial charge in [-0.05, 0) is 24.8 Å². The molecule has 1 rings (SSSR count). The van der Waals surface area contributed by atoms with Crippen molar-refractivity contribution < 1.29 is 9.90 Å². The Labute approximate surface area is 100 Å². The summed E-state index contributed by atoms with van der Waals surface area (Å²) < 4.78 is 0. The third-order valence-electron chi connectivity index (χ3n) is 2.38. The highest BCUT2D eigenvalue weighted by atomic mass is 32.2. The number of carbonyl (C=O) groups is 1. The molecule has 0 aliphatic carbocycles. The Morgan fingerprint density at radius 3 is 2.75 bits per heavy atom. The maximum Gasteiger partial charge on any atom is 0.337 e. The zero-order valence-corrected chi connectivity index (χ0v) is 10.4. The highest BCUT2D eigenvalue weighted by Gasteiger charge is 2.12. The van der Waals surface area contributed by atoms with Crippen LogP contribution in [0.5, 0.6) is 0 Å². The van der Waals surface area contributed by atoms with E-state index in [2.05, 4.69) is 12.2 Å². The molecule has 88 valence electrons. The van der Waals surface area contributed by atoms with Crippen LogP contribution in [0.3, 0.4) is 0 Å². The molecule has 0 saturated carbocycles. The van der Waals surface area contributed by atoms with E-state index in [0.29, 0.717) is 17.3 Å². The smallest absolute Gasteiger partial charge is 0.337 e. The molecule has 1 unspecified atom stereocenters. The summed E-state index contributed by atoms with van der Waals surface area (Å²) >= 11 is 1.76. The fraction of sp³-hybridized carbons (Fsp3) is 0.417. The maximum atomic E-state index is 11.0. The molecule has 0 aliphatic heterocycles. The molecule has 0 radical (unpaired) electrons. The number of carboxylic acid groups (broad SMARTS) is 1. The standard InChI is InChI=1S/C12H17NO2S/c1-3-9(8-16-2)13-11-7-5-4-6-10(11)12(14)15/h4-7,9,13H,3,8H2,1-2H3,(H,14,15). The SMILES string of the molecule is CCC(CSC)Nc1ccccc1C(=O)O. The van der Waals surface area contributed by atoms with Gasteiger partial charge >= 0.3 is 5.97 Å². The molecule has 2 N–H and O–H groups in total. The van der Waals surface area contributed by atoms with Crippen molar-refractivity contribution in [1.82, 2.24) is 0 Å². The summed E-state index contributed by atoms with van der Waals surface area (Å²) in [5.41, 5.74) is 1.04. The summed E-state index contributed by atoms with van der Waals surface area (Å²) in [6.45, 7) is 2.09. The Bertz CT molecular complexity index is 355. The molecular weight excluding hydrogens is 222 g/mol. The Morgan fingerprint density at radius 1 is 1.50 bits per heavy atom. The minimum atomic E-state index is -0.887.